The molecule has 5 nitrogen and oxygen atoms in total. The second-order valence-corrected chi connectivity index (χ2v) is 8.64. The molecule has 5 rings (SSSR count). The molecule has 0 unspecified atom stereocenters. The number of nitrogens with zero attached hydrogens (tertiary/aromatic N) is 1. The number of hydrogen-bond donors (Lipinski definition) is 0. The van der Waals surface area contributed by atoms with Crippen molar-refractivity contribution >= 4 is 29.5 Å². The van der Waals surface area contributed by atoms with Crippen LogP contribution < -0.4 is 9.47 Å². The van der Waals surface area contributed by atoms with Crippen molar-refractivity contribution < 1.29 is 23.4 Å². The summed E-state index contributed by atoms with van der Waals surface area (Å²) in [4.78, 5) is 16.9. The van der Waals surface area contributed by atoms with Gasteiger partial charge in [-0.15, -0.1) is 0 Å². The first-order valence-electron chi connectivity index (χ1n) is 11.4. The Balaban J connectivity index is 1.36. The molecule has 0 aromatic heterocycles. The first kappa shape index (κ1) is 24.3. The quantitative estimate of drug-likeness (QED) is 0.196. The molecule has 0 atom stereocenters. The van der Waals surface area contributed by atoms with E-state index in [2.05, 4.69) is 4.99 Å². The van der Waals surface area contributed by atoms with Crippen molar-refractivity contribution in [3.05, 3.63) is 124 Å². The van der Waals surface area contributed by atoms with Crippen LogP contribution in [0, 0.1) is 5.82 Å². The topological polar surface area (TPSA) is 57.1 Å². The van der Waals surface area contributed by atoms with Gasteiger partial charge in [0, 0.05) is 5.56 Å². The molecule has 0 saturated carbocycles. The highest BCUT2D eigenvalue weighted by Gasteiger charge is 2.24. The van der Waals surface area contributed by atoms with Crippen LogP contribution in [0.1, 0.15) is 16.7 Å². The SMILES string of the molecule is COc1cc(/C=C2\N=C(c3ccc(-c4ccccc4)cc3)OC2=O)cc(Cl)c1OCc1cccc(F)c1. The van der Waals surface area contributed by atoms with Crippen LogP contribution in [0.25, 0.3) is 17.2 Å². The largest absolute Gasteiger partial charge is 0.493 e. The van der Waals surface area contributed by atoms with E-state index in [0.717, 1.165) is 11.1 Å². The molecule has 0 amide bonds. The highest BCUT2D eigenvalue weighted by atomic mass is 35.5. The summed E-state index contributed by atoms with van der Waals surface area (Å²) in [5, 5.41) is 0.273. The predicted octanol–water partition coefficient (Wildman–Crippen LogP) is 7.08. The fourth-order valence-corrected chi connectivity index (χ4v) is 4.15. The number of rotatable bonds is 7. The van der Waals surface area contributed by atoms with E-state index in [1.165, 1.54) is 19.2 Å². The van der Waals surface area contributed by atoms with Crippen molar-refractivity contribution in [3.8, 4) is 22.6 Å². The normalized spacial score (nSPS) is 13.9. The van der Waals surface area contributed by atoms with E-state index >= 15 is 0 Å². The number of ether oxygens (including phenoxy) is 3. The smallest absolute Gasteiger partial charge is 0.363 e. The van der Waals surface area contributed by atoms with Crippen LogP contribution in [-0.2, 0) is 16.1 Å². The van der Waals surface area contributed by atoms with Gasteiger partial charge in [-0.05, 0) is 64.7 Å². The highest BCUT2D eigenvalue weighted by Crippen LogP contribution is 2.38. The molecule has 0 N–H and O–H groups in total. The molecule has 0 spiro atoms. The molecule has 1 aliphatic heterocycles. The average Bonchev–Trinajstić information content (AvgIpc) is 3.28. The number of aliphatic imine (C=N–C) groups is 1. The van der Waals surface area contributed by atoms with Crippen LogP contribution in [0.4, 0.5) is 4.39 Å². The van der Waals surface area contributed by atoms with Crippen molar-refractivity contribution in [1.29, 1.82) is 0 Å². The highest BCUT2D eigenvalue weighted by molar-refractivity contribution is 6.32. The monoisotopic (exact) mass is 513 g/mol. The van der Waals surface area contributed by atoms with E-state index in [1.807, 2.05) is 54.6 Å². The molecule has 0 fully saturated rings. The summed E-state index contributed by atoms with van der Waals surface area (Å²) >= 11 is 6.46. The standard InChI is InChI=1S/C30H21ClFNO4/c1-35-27-17-20(15-25(31)28(27)36-18-19-6-5-9-24(32)14-19)16-26-30(34)37-29(33-26)23-12-10-22(11-13-23)21-7-3-2-4-8-21/h2-17H,18H2,1H3/b26-16-. The van der Waals surface area contributed by atoms with Gasteiger partial charge in [-0.2, -0.15) is 0 Å². The van der Waals surface area contributed by atoms with Crippen LogP contribution in [0.3, 0.4) is 0 Å². The minimum atomic E-state index is -0.566. The summed E-state index contributed by atoms with van der Waals surface area (Å²) in [6.07, 6.45) is 1.57. The second-order valence-electron chi connectivity index (χ2n) is 8.23. The van der Waals surface area contributed by atoms with E-state index < -0.39 is 5.97 Å². The van der Waals surface area contributed by atoms with Gasteiger partial charge in [-0.3, -0.25) is 0 Å². The molecule has 37 heavy (non-hydrogen) atoms. The van der Waals surface area contributed by atoms with E-state index in [1.54, 1.807) is 30.3 Å². The van der Waals surface area contributed by atoms with Crippen molar-refractivity contribution in [2.75, 3.05) is 7.11 Å². The Labute approximate surface area is 218 Å². The zero-order valence-corrected chi connectivity index (χ0v) is 20.5. The van der Waals surface area contributed by atoms with Gasteiger partial charge >= 0.3 is 5.97 Å². The maximum atomic E-state index is 13.5. The Bertz CT molecular complexity index is 1510. The maximum Gasteiger partial charge on any atom is 0.363 e. The number of carbonyl (C=O) groups is 1. The van der Waals surface area contributed by atoms with Gasteiger partial charge in [0.15, 0.2) is 17.2 Å². The molecular formula is C30H21ClFNO4. The molecule has 0 saturated heterocycles. The van der Waals surface area contributed by atoms with E-state index in [9.17, 15) is 9.18 Å². The molecule has 7 heteroatoms. The zero-order valence-electron chi connectivity index (χ0n) is 19.8. The Hall–Kier alpha value is -4.42. The summed E-state index contributed by atoms with van der Waals surface area (Å²) < 4.78 is 30.1. The summed E-state index contributed by atoms with van der Waals surface area (Å²) in [6, 6.07) is 27.0. The second kappa shape index (κ2) is 10.7. The third-order valence-corrected chi connectivity index (χ3v) is 5.97. The molecule has 1 aliphatic rings. The lowest BCUT2D eigenvalue weighted by molar-refractivity contribution is -0.129. The number of cyclic esters (lactones) is 1. The maximum absolute atomic E-state index is 13.5. The molecule has 184 valence electrons. The Morgan fingerprint density at radius 2 is 1.65 bits per heavy atom. The first-order chi connectivity index (χ1) is 18.0. The fourth-order valence-electron chi connectivity index (χ4n) is 3.87. The lowest BCUT2D eigenvalue weighted by Gasteiger charge is -2.13. The van der Waals surface area contributed by atoms with Crippen LogP contribution in [0.5, 0.6) is 11.5 Å². The molecular weight excluding hydrogens is 493 g/mol. The molecule has 4 aromatic carbocycles. The van der Waals surface area contributed by atoms with E-state index in [0.29, 0.717) is 28.2 Å². The van der Waals surface area contributed by atoms with Crippen molar-refractivity contribution in [3.63, 3.8) is 0 Å². The minimum Gasteiger partial charge on any atom is -0.493 e. The number of methoxy groups -OCH3 is 1. The number of halogens is 2. The van der Waals surface area contributed by atoms with Crippen LogP contribution in [0.15, 0.2) is 102 Å². The van der Waals surface area contributed by atoms with Crippen LogP contribution in [0.2, 0.25) is 5.02 Å². The summed E-state index contributed by atoms with van der Waals surface area (Å²) in [7, 11) is 1.48. The molecule has 0 bridgehead atoms. The number of carbonyl (C=O) groups excluding carboxylic acids is 1. The average molecular weight is 514 g/mol. The summed E-state index contributed by atoms with van der Waals surface area (Å²) in [5.74, 6) is -0.0145. The van der Waals surface area contributed by atoms with Crippen molar-refractivity contribution in [1.82, 2.24) is 0 Å². The van der Waals surface area contributed by atoms with Gasteiger partial charge in [0.1, 0.15) is 12.4 Å². The molecule has 0 aliphatic carbocycles. The minimum absolute atomic E-state index is 0.108. The third kappa shape index (κ3) is 5.55. The van der Waals surface area contributed by atoms with Crippen molar-refractivity contribution in [2.45, 2.75) is 6.61 Å². The molecule has 4 aromatic rings. The van der Waals surface area contributed by atoms with E-state index in [-0.39, 0.29) is 29.0 Å². The van der Waals surface area contributed by atoms with Gasteiger partial charge < -0.3 is 14.2 Å². The fraction of sp³-hybridized carbons (Fsp3) is 0.0667. The van der Waals surface area contributed by atoms with Gasteiger partial charge in [0.25, 0.3) is 0 Å². The Kier molecular flexibility index (Phi) is 7.01. The van der Waals surface area contributed by atoms with Gasteiger partial charge in [-0.25, -0.2) is 14.2 Å². The molecule has 1 heterocycles. The number of benzene rings is 4. The number of esters is 1. The van der Waals surface area contributed by atoms with Gasteiger partial charge in [0.2, 0.25) is 5.90 Å². The van der Waals surface area contributed by atoms with Crippen molar-refractivity contribution in [2.24, 2.45) is 4.99 Å². The predicted molar refractivity (Wildman–Crippen MR) is 141 cm³/mol. The lowest BCUT2D eigenvalue weighted by Crippen LogP contribution is -2.05. The van der Waals surface area contributed by atoms with E-state index in [4.69, 9.17) is 25.8 Å². The van der Waals surface area contributed by atoms with Crippen LogP contribution >= 0.6 is 11.6 Å². The van der Waals surface area contributed by atoms with Crippen LogP contribution in [-0.4, -0.2) is 19.0 Å². The third-order valence-electron chi connectivity index (χ3n) is 5.69. The van der Waals surface area contributed by atoms with Gasteiger partial charge in [0.05, 0.1) is 12.1 Å². The number of hydrogen-bond acceptors (Lipinski definition) is 5. The first-order valence-corrected chi connectivity index (χ1v) is 11.8. The Morgan fingerprint density at radius 1 is 0.919 bits per heavy atom. The Morgan fingerprint density at radius 3 is 2.38 bits per heavy atom. The van der Waals surface area contributed by atoms with Gasteiger partial charge in [-0.1, -0.05) is 66.2 Å². The molecule has 0 radical (unpaired) electrons. The lowest BCUT2D eigenvalue weighted by atomic mass is 10.0. The summed E-state index contributed by atoms with van der Waals surface area (Å²) in [6.45, 7) is 0.108. The zero-order chi connectivity index (χ0) is 25.8. The summed E-state index contributed by atoms with van der Waals surface area (Å²) in [5.41, 5.74) is 4.19.